The number of nitrogen functional groups attached to an aromatic ring is 1. The monoisotopic (exact) mass is 449 g/mol. The number of nitrogens with one attached hydrogen (secondary N) is 1. The first kappa shape index (κ1) is 21.9. The number of nitrogens with two attached hydrogens (primary N) is 1. The van der Waals surface area contributed by atoms with Crippen LogP contribution >= 0.6 is 11.8 Å². The maximum atomic E-state index is 12.9. The summed E-state index contributed by atoms with van der Waals surface area (Å²) in [6.07, 6.45) is 0. The molecule has 0 bridgehead atoms. The van der Waals surface area contributed by atoms with Crippen LogP contribution in [0.4, 0.5) is 23.3 Å². The van der Waals surface area contributed by atoms with Crippen molar-refractivity contribution in [1.29, 1.82) is 0 Å². The van der Waals surface area contributed by atoms with Crippen LogP contribution in [-0.4, -0.2) is 57.2 Å². The Kier molecular flexibility index (Phi) is 7.06. The van der Waals surface area contributed by atoms with Gasteiger partial charge in [0.05, 0.1) is 11.0 Å². The molecule has 9 heteroatoms. The van der Waals surface area contributed by atoms with Crippen LogP contribution in [0.15, 0.2) is 60.7 Å². The highest BCUT2D eigenvalue weighted by Crippen LogP contribution is 2.21. The molecule has 4 rings (SSSR count). The quantitative estimate of drug-likeness (QED) is 0.567. The Bertz CT molecular complexity index is 1030. The van der Waals surface area contributed by atoms with Crippen molar-refractivity contribution in [2.24, 2.45) is 0 Å². The normalized spacial score (nSPS) is 14.8. The predicted molar refractivity (Wildman–Crippen MR) is 130 cm³/mol. The number of nitrogens with zero attached hydrogens (tertiary/aromatic N) is 5. The first-order chi connectivity index (χ1) is 15.6. The number of anilines is 4. The number of piperazine rings is 1. The first-order valence-electron chi connectivity index (χ1n) is 10.6. The summed E-state index contributed by atoms with van der Waals surface area (Å²) in [6.45, 7) is 5.06. The lowest BCUT2D eigenvalue weighted by Crippen LogP contribution is -2.50. The fourth-order valence-electron chi connectivity index (χ4n) is 3.56. The lowest BCUT2D eigenvalue weighted by molar-refractivity contribution is -0.130. The van der Waals surface area contributed by atoms with Crippen molar-refractivity contribution >= 4 is 40.9 Å². The van der Waals surface area contributed by atoms with Crippen molar-refractivity contribution in [3.63, 3.8) is 0 Å². The molecule has 0 unspecified atom stereocenters. The number of para-hydroxylation sites is 2. The second-order valence-electron chi connectivity index (χ2n) is 7.53. The third-order valence-corrected chi connectivity index (χ3v) is 6.38. The molecule has 1 saturated heterocycles. The molecule has 1 atom stereocenters. The first-order valence-corrected chi connectivity index (χ1v) is 11.7. The number of rotatable bonds is 7. The van der Waals surface area contributed by atoms with Crippen LogP contribution in [0, 0.1) is 0 Å². The number of carbonyl (C=O) groups is 1. The minimum Gasteiger partial charge on any atom is -0.368 e. The summed E-state index contributed by atoms with van der Waals surface area (Å²) < 4.78 is 0. The highest BCUT2D eigenvalue weighted by atomic mass is 32.2. The molecule has 166 valence electrons. The number of hydrogen-bond acceptors (Lipinski definition) is 8. The molecular formula is C23H27N7OS. The van der Waals surface area contributed by atoms with E-state index in [0.29, 0.717) is 17.5 Å². The van der Waals surface area contributed by atoms with Crippen LogP contribution < -0.4 is 16.0 Å². The van der Waals surface area contributed by atoms with Gasteiger partial charge in [0.15, 0.2) is 0 Å². The van der Waals surface area contributed by atoms with Gasteiger partial charge in [-0.05, 0) is 31.2 Å². The highest BCUT2D eigenvalue weighted by molar-refractivity contribution is 7.99. The van der Waals surface area contributed by atoms with Crippen LogP contribution in [0.25, 0.3) is 0 Å². The van der Waals surface area contributed by atoms with E-state index < -0.39 is 0 Å². The molecule has 1 aliphatic rings. The fraction of sp³-hybridized carbons (Fsp3) is 0.304. The summed E-state index contributed by atoms with van der Waals surface area (Å²) in [5, 5.41) is 2.94. The lowest BCUT2D eigenvalue weighted by atomic mass is 10.2. The van der Waals surface area contributed by atoms with Gasteiger partial charge < -0.3 is 20.9 Å². The van der Waals surface area contributed by atoms with Gasteiger partial charge in [-0.2, -0.15) is 15.0 Å². The van der Waals surface area contributed by atoms with E-state index in [1.165, 1.54) is 17.4 Å². The molecule has 0 aliphatic carbocycles. The molecule has 0 radical (unpaired) electrons. The van der Waals surface area contributed by atoms with Gasteiger partial charge in [0.1, 0.15) is 5.82 Å². The lowest BCUT2D eigenvalue weighted by Gasteiger charge is -2.37. The summed E-state index contributed by atoms with van der Waals surface area (Å²) in [6, 6.07) is 20.0. The minimum atomic E-state index is -0.193. The smallest absolute Gasteiger partial charge is 0.235 e. The van der Waals surface area contributed by atoms with Crippen LogP contribution in [0.1, 0.15) is 12.7 Å². The zero-order valence-corrected chi connectivity index (χ0v) is 18.8. The number of carbonyl (C=O) groups excluding carboxylic acids is 1. The van der Waals surface area contributed by atoms with Crippen molar-refractivity contribution < 1.29 is 4.79 Å². The summed E-state index contributed by atoms with van der Waals surface area (Å²) in [5.74, 6) is 1.73. The van der Waals surface area contributed by atoms with Gasteiger partial charge in [0.2, 0.25) is 17.8 Å². The second kappa shape index (κ2) is 10.3. The van der Waals surface area contributed by atoms with Crippen molar-refractivity contribution in [3.8, 4) is 0 Å². The molecule has 1 aliphatic heterocycles. The van der Waals surface area contributed by atoms with Crippen molar-refractivity contribution in [2.45, 2.75) is 17.9 Å². The summed E-state index contributed by atoms with van der Waals surface area (Å²) in [4.78, 5) is 30.0. The molecule has 3 N–H and O–H groups in total. The Labute approximate surface area is 192 Å². The minimum absolute atomic E-state index is 0.146. The summed E-state index contributed by atoms with van der Waals surface area (Å²) in [5.41, 5.74) is 7.94. The average molecular weight is 450 g/mol. The Morgan fingerprint density at radius 1 is 1.00 bits per heavy atom. The van der Waals surface area contributed by atoms with E-state index >= 15 is 0 Å². The van der Waals surface area contributed by atoms with Crippen LogP contribution in [0.3, 0.4) is 0 Å². The van der Waals surface area contributed by atoms with E-state index in [1.54, 1.807) is 0 Å². The number of aromatic nitrogens is 3. The second-order valence-corrected chi connectivity index (χ2v) is 8.85. The Balaban J connectivity index is 1.30. The Morgan fingerprint density at radius 3 is 2.34 bits per heavy atom. The van der Waals surface area contributed by atoms with Gasteiger partial charge >= 0.3 is 0 Å². The van der Waals surface area contributed by atoms with Crippen LogP contribution in [-0.2, 0) is 10.5 Å². The van der Waals surface area contributed by atoms with Crippen molar-refractivity contribution in [3.05, 3.63) is 66.5 Å². The van der Waals surface area contributed by atoms with Gasteiger partial charge in [0.25, 0.3) is 0 Å². The third kappa shape index (κ3) is 5.67. The van der Waals surface area contributed by atoms with E-state index in [0.717, 1.165) is 31.9 Å². The topological polar surface area (TPSA) is 100 Å². The standard InChI is InChI=1S/C23H27N7OS/c1-17(21(31)30-14-12-29(13-15-30)19-10-6-3-7-11-19)32-16-20-26-22(24)28-23(27-20)25-18-8-4-2-5-9-18/h2-11,17H,12-16H2,1H3,(H3,24,25,26,27,28)/t17-/m0/s1. The van der Waals surface area contributed by atoms with E-state index in [9.17, 15) is 4.79 Å². The zero-order valence-electron chi connectivity index (χ0n) is 18.0. The van der Waals surface area contributed by atoms with Gasteiger partial charge in [0, 0.05) is 37.6 Å². The fourth-order valence-corrected chi connectivity index (χ4v) is 4.38. The van der Waals surface area contributed by atoms with Gasteiger partial charge in [-0.25, -0.2) is 0 Å². The van der Waals surface area contributed by atoms with Gasteiger partial charge in [-0.1, -0.05) is 36.4 Å². The Morgan fingerprint density at radius 2 is 1.66 bits per heavy atom. The summed E-state index contributed by atoms with van der Waals surface area (Å²) in [7, 11) is 0. The molecule has 0 saturated carbocycles. The number of thioether (sulfide) groups is 1. The van der Waals surface area contributed by atoms with E-state index in [2.05, 4.69) is 37.3 Å². The van der Waals surface area contributed by atoms with Crippen LogP contribution in [0.2, 0.25) is 0 Å². The maximum Gasteiger partial charge on any atom is 0.235 e. The maximum absolute atomic E-state index is 12.9. The summed E-state index contributed by atoms with van der Waals surface area (Å²) >= 11 is 1.51. The third-order valence-electron chi connectivity index (χ3n) is 5.25. The highest BCUT2D eigenvalue weighted by Gasteiger charge is 2.25. The molecule has 1 amide bonds. The zero-order chi connectivity index (χ0) is 22.3. The SMILES string of the molecule is C[C@H](SCc1nc(N)nc(Nc2ccccc2)n1)C(=O)N1CCN(c2ccccc2)CC1. The van der Waals surface area contributed by atoms with Gasteiger partial charge in [-0.15, -0.1) is 11.8 Å². The van der Waals surface area contributed by atoms with E-state index in [-0.39, 0.29) is 17.1 Å². The average Bonchev–Trinajstić information content (AvgIpc) is 2.83. The molecular weight excluding hydrogens is 422 g/mol. The van der Waals surface area contributed by atoms with Crippen LogP contribution in [0.5, 0.6) is 0 Å². The number of benzene rings is 2. The molecule has 8 nitrogen and oxygen atoms in total. The largest absolute Gasteiger partial charge is 0.368 e. The molecule has 3 aromatic rings. The molecule has 1 aromatic heterocycles. The number of amides is 1. The Hall–Kier alpha value is -3.33. The van der Waals surface area contributed by atoms with Crippen molar-refractivity contribution in [2.75, 3.05) is 42.1 Å². The molecule has 2 heterocycles. The molecule has 2 aromatic carbocycles. The van der Waals surface area contributed by atoms with Gasteiger partial charge in [-0.3, -0.25) is 4.79 Å². The predicted octanol–water partition coefficient (Wildman–Crippen LogP) is 3.17. The number of hydrogen-bond donors (Lipinski definition) is 2. The van der Waals surface area contributed by atoms with Crippen molar-refractivity contribution in [1.82, 2.24) is 19.9 Å². The molecule has 1 fully saturated rings. The molecule has 32 heavy (non-hydrogen) atoms. The van der Waals surface area contributed by atoms with E-state index in [4.69, 9.17) is 5.73 Å². The van der Waals surface area contributed by atoms with E-state index in [1.807, 2.05) is 60.4 Å². The molecule has 0 spiro atoms.